The molecule has 2 aromatic heterocycles. The molecule has 1 unspecified atom stereocenters. The number of nitrogens with zero attached hydrogens (tertiary/aromatic N) is 2. The van der Waals surface area contributed by atoms with E-state index in [9.17, 15) is 4.79 Å². The van der Waals surface area contributed by atoms with E-state index in [4.69, 9.17) is 5.73 Å². The molecule has 0 bridgehead atoms. The van der Waals surface area contributed by atoms with Crippen LogP contribution in [0.1, 0.15) is 45.4 Å². The number of fused-ring (bicyclic) bond motifs is 2. The first-order valence-electron chi connectivity index (χ1n) is 8.15. The minimum Gasteiger partial charge on any atom is -0.399 e. The molecule has 0 radical (unpaired) electrons. The van der Waals surface area contributed by atoms with Crippen LogP contribution >= 0.6 is 23.7 Å². The van der Waals surface area contributed by atoms with Crippen molar-refractivity contribution in [3.05, 3.63) is 46.0 Å². The first-order valence-corrected chi connectivity index (χ1v) is 8.97. The molecule has 3 aromatic rings. The minimum atomic E-state index is -0.00900. The molecule has 1 aliphatic carbocycles. The molecule has 0 saturated heterocycles. The molecule has 1 aliphatic rings. The van der Waals surface area contributed by atoms with Gasteiger partial charge < -0.3 is 11.1 Å². The van der Waals surface area contributed by atoms with Crippen LogP contribution in [0.2, 0.25) is 0 Å². The number of hydrogen-bond donors (Lipinski definition) is 2. The lowest BCUT2D eigenvalue weighted by molar-refractivity contribution is 0.0937. The Balaban J connectivity index is 0.00000182. The Bertz CT molecular complexity index is 912. The van der Waals surface area contributed by atoms with Gasteiger partial charge in [0, 0.05) is 18.1 Å². The molecule has 0 spiro atoms. The topological polar surface area (TPSA) is 72.9 Å². The van der Waals surface area contributed by atoms with Gasteiger partial charge in [-0.25, -0.2) is 0 Å². The summed E-state index contributed by atoms with van der Waals surface area (Å²) in [6.07, 6.45) is 3.06. The number of amides is 1. The molecule has 5 nitrogen and oxygen atoms in total. The lowest BCUT2D eigenvalue weighted by atomic mass is 9.87. The fourth-order valence-electron chi connectivity index (χ4n) is 3.53. The Hall–Kier alpha value is -2.05. The Morgan fingerprint density at radius 2 is 2.20 bits per heavy atom. The van der Waals surface area contributed by atoms with Gasteiger partial charge in [-0.2, -0.15) is 5.10 Å². The van der Waals surface area contributed by atoms with Crippen molar-refractivity contribution in [2.45, 2.75) is 32.2 Å². The molecule has 1 amide bonds. The Morgan fingerprint density at radius 1 is 1.40 bits per heavy atom. The molecule has 0 fully saturated rings. The fraction of sp³-hybridized carbons (Fsp3) is 0.333. The highest BCUT2D eigenvalue weighted by atomic mass is 35.5. The highest BCUT2D eigenvalue weighted by Crippen LogP contribution is 2.32. The van der Waals surface area contributed by atoms with E-state index in [-0.39, 0.29) is 24.4 Å². The molecule has 1 atom stereocenters. The number of nitrogens with one attached hydrogen (secondary N) is 1. The molecule has 1 aromatic carbocycles. The average molecular weight is 377 g/mol. The average Bonchev–Trinajstić information content (AvgIpc) is 3.09. The number of nitrogen functional groups attached to an aromatic ring is 1. The number of nitrogens with two attached hydrogens (primary N) is 1. The van der Waals surface area contributed by atoms with Crippen LogP contribution in [0.3, 0.4) is 0 Å². The van der Waals surface area contributed by atoms with Gasteiger partial charge in [-0.1, -0.05) is 6.07 Å². The van der Waals surface area contributed by atoms with Crippen LogP contribution in [-0.4, -0.2) is 15.7 Å². The zero-order chi connectivity index (χ0) is 16.8. The van der Waals surface area contributed by atoms with Crippen LogP contribution in [0.25, 0.3) is 10.2 Å². The maximum absolute atomic E-state index is 12.7. The van der Waals surface area contributed by atoms with Gasteiger partial charge in [0.15, 0.2) is 0 Å². The fourth-order valence-corrected chi connectivity index (χ4v) is 4.56. The van der Waals surface area contributed by atoms with E-state index in [2.05, 4.69) is 10.4 Å². The summed E-state index contributed by atoms with van der Waals surface area (Å²) in [6, 6.07) is 8.00. The van der Waals surface area contributed by atoms with Gasteiger partial charge in [0.25, 0.3) is 5.91 Å². The second-order valence-electron chi connectivity index (χ2n) is 6.42. The van der Waals surface area contributed by atoms with Gasteiger partial charge >= 0.3 is 0 Å². The van der Waals surface area contributed by atoms with Crippen LogP contribution in [0.5, 0.6) is 0 Å². The summed E-state index contributed by atoms with van der Waals surface area (Å²) in [5.74, 6) is -0.00900. The maximum atomic E-state index is 12.7. The summed E-state index contributed by atoms with van der Waals surface area (Å²) in [6.45, 7) is 1.97. The molecular formula is C18H21ClN4OS. The number of benzene rings is 1. The number of aryl methyl sites for hydroxylation is 3. The van der Waals surface area contributed by atoms with Gasteiger partial charge in [-0.05, 0) is 55.5 Å². The third kappa shape index (κ3) is 3.12. The quantitative estimate of drug-likeness (QED) is 0.669. The van der Waals surface area contributed by atoms with Crippen molar-refractivity contribution >= 4 is 45.6 Å². The van der Waals surface area contributed by atoms with E-state index < -0.39 is 0 Å². The standard InChI is InChI=1S/C18H20N4OS.ClH/c1-10-14-9-16(24-18(14)22(2)21-10)17(23)20-15-5-3-4-11-8-12(19)6-7-13(11)15;/h6-9,15H,3-5,19H2,1-2H3,(H,20,23);1H. The predicted molar refractivity (Wildman–Crippen MR) is 105 cm³/mol. The van der Waals surface area contributed by atoms with Crippen LogP contribution in [0, 0.1) is 6.92 Å². The number of hydrogen-bond acceptors (Lipinski definition) is 4. The maximum Gasteiger partial charge on any atom is 0.261 e. The number of anilines is 1. The molecule has 25 heavy (non-hydrogen) atoms. The summed E-state index contributed by atoms with van der Waals surface area (Å²) < 4.78 is 1.84. The van der Waals surface area contributed by atoms with Crippen molar-refractivity contribution in [2.75, 3.05) is 5.73 Å². The molecular weight excluding hydrogens is 356 g/mol. The second kappa shape index (κ2) is 6.69. The van der Waals surface area contributed by atoms with E-state index in [1.165, 1.54) is 22.5 Å². The van der Waals surface area contributed by atoms with Crippen LogP contribution in [-0.2, 0) is 13.5 Å². The van der Waals surface area contributed by atoms with Crippen molar-refractivity contribution in [3.63, 3.8) is 0 Å². The normalized spacial score (nSPS) is 16.3. The summed E-state index contributed by atoms with van der Waals surface area (Å²) in [5, 5.41) is 8.65. The lowest BCUT2D eigenvalue weighted by Crippen LogP contribution is -2.30. The van der Waals surface area contributed by atoms with Crippen molar-refractivity contribution in [1.82, 2.24) is 15.1 Å². The van der Waals surface area contributed by atoms with E-state index in [1.807, 2.05) is 42.9 Å². The number of aromatic nitrogens is 2. The summed E-state index contributed by atoms with van der Waals surface area (Å²) in [7, 11) is 1.91. The van der Waals surface area contributed by atoms with Crippen molar-refractivity contribution < 1.29 is 4.79 Å². The number of carbonyl (C=O) groups excluding carboxylic acids is 1. The van der Waals surface area contributed by atoms with E-state index in [1.54, 1.807) is 0 Å². The molecule has 3 N–H and O–H groups in total. The Morgan fingerprint density at radius 3 is 2.96 bits per heavy atom. The zero-order valence-electron chi connectivity index (χ0n) is 14.2. The predicted octanol–water partition coefficient (Wildman–Crippen LogP) is 3.75. The highest BCUT2D eigenvalue weighted by Gasteiger charge is 2.23. The highest BCUT2D eigenvalue weighted by molar-refractivity contribution is 7.20. The molecule has 0 aliphatic heterocycles. The van der Waals surface area contributed by atoms with Crippen LogP contribution in [0.4, 0.5) is 5.69 Å². The number of rotatable bonds is 2. The first kappa shape index (κ1) is 17.8. The first-order chi connectivity index (χ1) is 11.5. The monoisotopic (exact) mass is 376 g/mol. The third-order valence-electron chi connectivity index (χ3n) is 4.71. The number of carbonyl (C=O) groups is 1. The molecule has 132 valence electrons. The zero-order valence-corrected chi connectivity index (χ0v) is 15.8. The summed E-state index contributed by atoms with van der Waals surface area (Å²) in [4.78, 5) is 14.5. The molecule has 0 saturated carbocycles. The van der Waals surface area contributed by atoms with Gasteiger partial charge in [0.2, 0.25) is 0 Å². The Labute approximate surface area is 156 Å². The van der Waals surface area contributed by atoms with Crippen molar-refractivity contribution in [1.29, 1.82) is 0 Å². The largest absolute Gasteiger partial charge is 0.399 e. The summed E-state index contributed by atoms with van der Waals surface area (Å²) >= 11 is 1.49. The van der Waals surface area contributed by atoms with Gasteiger partial charge in [-0.3, -0.25) is 9.48 Å². The number of halogens is 1. The van der Waals surface area contributed by atoms with Gasteiger partial charge in [0.1, 0.15) is 4.83 Å². The van der Waals surface area contributed by atoms with Gasteiger partial charge in [-0.15, -0.1) is 23.7 Å². The van der Waals surface area contributed by atoms with Crippen LogP contribution in [0.15, 0.2) is 24.3 Å². The Kier molecular flexibility index (Phi) is 4.75. The smallest absolute Gasteiger partial charge is 0.261 e. The van der Waals surface area contributed by atoms with Crippen molar-refractivity contribution in [3.8, 4) is 0 Å². The van der Waals surface area contributed by atoms with E-state index in [0.29, 0.717) is 0 Å². The van der Waals surface area contributed by atoms with E-state index >= 15 is 0 Å². The molecule has 4 rings (SSSR count). The summed E-state index contributed by atoms with van der Waals surface area (Å²) in [5.41, 5.74) is 10.1. The van der Waals surface area contributed by atoms with Crippen molar-refractivity contribution in [2.24, 2.45) is 7.05 Å². The van der Waals surface area contributed by atoms with Gasteiger partial charge in [0.05, 0.1) is 16.6 Å². The van der Waals surface area contributed by atoms with E-state index in [0.717, 1.165) is 45.7 Å². The molecule has 2 heterocycles. The third-order valence-corrected chi connectivity index (χ3v) is 5.91. The lowest BCUT2D eigenvalue weighted by Gasteiger charge is -2.26. The SMILES string of the molecule is Cc1nn(C)c2sc(C(=O)NC3CCCc4cc(N)ccc43)cc12.Cl. The van der Waals surface area contributed by atoms with Crippen LogP contribution < -0.4 is 11.1 Å². The minimum absolute atomic E-state index is 0. The molecule has 7 heteroatoms. The second-order valence-corrected chi connectivity index (χ2v) is 7.45. The number of thiophene rings is 1.